The molecule has 28 heavy (non-hydrogen) atoms. The van der Waals surface area contributed by atoms with Crippen LogP contribution in [0, 0.1) is 0 Å². The molecule has 0 radical (unpaired) electrons. The molecule has 0 bridgehead atoms. The highest BCUT2D eigenvalue weighted by Gasteiger charge is 2.41. The maximum absolute atomic E-state index is 13.0. The predicted octanol–water partition coefficient (Wildman–Crippen LogP) is 1.69. The SMILES string of the molecule is CN1CCC(N2C(=O)c3cc4nc(CCn5cccn5)[nH]c4cc3C2=O)CC1. The Morgan fingerprint density at radius 3 is 2.61 bits per heavy atom. The van der Waals surface area contributed by atoms with E-state index in [2.05, 4.69) is 27.0 Å². The molecule has 1 fully saturated rings. The monoisotopic (exact) mass is 378 g/mol. The molecule has 3 aromatic rings. The molecule has 5 rings (SSSR count). The van der Waals surface area contributed by atoms with Crippen LogP contribution in [-0.2, 0) is 13.0 Å². The molecule has 4 heterocycles. The summed E-state index contributed by atoms with van der Waals surface area (Å²) in [5.41, 5.74) is 2.47. The summed E-state index contributed by atoms with van der Waals surface area (Å²) in [5.74, 6) is 0.461. The first-order valence-corrected chi connectivity index (χ1v) is 9.66. The number of rotatable bonds is 4. The van der Waals surface area contributed by atoms with Gasteiger partial charge in [0.25, 0.3) is 11.8 Å². The van der Waals surface area contributed by atoms with Gasteiger partial charge in [0, 0.05) is 31.4 Å². The van der Waals surface area contributed by atoms with Gasteiger partial charge in [0.1, 0.15) is 5.82 Å². The van der Waals surface area contributed by atoms with Crippen molar-refractivity contribution >= 4 is 22.8 Å². The van der Waals surface area contributed by atoms with E-state index >= 15 is 0 Å². The van der Waals surface area contributed by atoms with E-state index in [0.717, 1.165) is 42.8 Å². The lowest BCUT2D eigenvalue weighted by Gasteiger charge is -2.33. The number of nitrogens with one attached hydrogen (secondary N) is 1. The van der Waals surface area contributed by atoms with E-state index in [9.17, 15) is 9.59 Å². The molecule has 144 valence electrons. The second kappa shape index (κ2) is 6.56. The van der Waals surface area contributed by atoms with Crippen LogP contribution in [0.4, 0.5) is 0 Å². The molecule has 1 saturated heterocycles. The summed E-state index contributed by atoms with van der Waals surface area (Å²) in [5, 5.41) is 4.19. The van der Waals surface area contributed by atoms with Crippen molar-refractivity contribution in [2.24, 2.45) is 0 Å². The average molecular weight is 378 g/mol. The van der Waals surface area contributed by atoms with Crippen molar-refractivity contribution in [2.45, 2.75) is 31.8 Å². The van der Waals surface area contributed by atoms with E-state index in [1.54, 1.807) is 18.3 Å². The Bertz CT molecular complexity index is 993. The summed E-state index contributed by atoms with van der Waals surface area (Å²) in [6.45, 7) is 2.52. The Morgan fingerprint density at radius 2 is 1.89 bits per heavy atom. The fraction of sp³-hybridized carbons (Fsp3) is 0.400. The van der Waals surface area contributed by atoms with E-state index in [0.29, 0.717) is 24.1 Å². The van der Waals surface area contributed by atoms with Gasteiger partial charge in [-0.25, -0.2) is 4.98 Å². The minimum Gasteiger partial charge on any atom is -0.342 e. The van der Waals surface area contributed by atoms with Crippen LogP contribution in [0.2, 0.25) is 0 Å². The highest BCUT2D eigenvalue weighted by atomic mass is 16.2. The molecule has 8 nitrogen and oxygen atoms in total. The summed E-state index contributed by atoms with van der Waals surface area (Å²) in [4.78, 5) is 37.5. The number of hydrogen-bond donors (Lipinski definition) is 1. The van der Waals surface area contributed by atoms with Crippen LogP contribution < -0.4 is 0 Å². The number of aryl methyl sites for hydroxylation is 2. The first-order valence-electron chi connectivity index (χ1n) is 9.66. The molecular formula is C20H22N6O2. The average Bonchev–Trinajstić information content (AvgIpc) is 3.39. The number of imide groups is 1. The van der Waals surface area contributed by atoms with E-state index in [1.165, 1.54) is 4.90 Å². The van der Waals surface area contributed by atoms with Gasteiger partial charge in [-0.15, -0.1) is 0 Å². The summed E-state index contributed by atoms with van der Waals surface area (Å²) in [6.07, 6.45) is 6.01. The zero-order valence-electron chi connectivity index (χ0n) is 15.8. The van der Waals surface area contributed by atoms with Crippen molar-refractivity contribution in [3.63, 3.8) is 0 Å². The number of hydrogen-bond acceptors (Lipinski definition) is 5. The van der Waals surface area contributed by atoms with E-state index < -0.39 is 0 Å². The van der Waals surface area contributed by atoms with Crippen molar-refractivity contribution in [1.82, 2.24) is 29.5 Å². The minimum absolute atomic E-state index is 0.0143. The summed E-state index contributed by atoms with van der Waals surface area (Å²) in [6, 6.07) is 5.41. The third kappa shape index (κ3) is 2.80. The number of aromatic nitrogens is 4. The lowest BCUT2D eigenvalue weighted by atomic mass is 10.0. The van der Waals surface area contributed by atoms with Gasteiger partial charge in [0.2, 0.25) is 0 Å². The van der Waals surface area contributed by atoms with Crippen LogP contribution in [0.15, 0.2) is 30.6 Å². The number of amides is 2. The molecule has 0 spiro atoms. The van der Waals surface area contributed by atoms with Crippen molar-refractivity contribution < 1.29 is 9.59 Å². The van der Waals surface area contributed by atoms with Gasteiger partial charge in [-0.1, -0.05) is 0 Å². The van der Waals surface area contributed by atoms with Gasteiger partial charge in [0.05, 0.1) is 22.2 Å². The van der Waals surface area contributed by atoms with Gasteiger partial charge in [-0.3, -0.25) is 19.2 Å². The number of piperidine rings is 1. The zero-order chi connectivity index (χ0) is 19.3. The second-order valence-corrected chi connectivity index (χ2v) is 7.63. The lowest BCUT2D eigenvalue weighted by Crippen LogP contribution is -2.46. The Kier molecular flexibility index (Phi) is 4.01. The number of likely N-dealkylation sites (tertiary alicyclic amines) is 1. The topological polar surface area (TPSA) is 87.1 Å². The van der Waals surface area contributed by atoms with Crippen LogP contribution in [0.25, 0.3) is 11.0 Å². The Hall–Kier alpha value is -3.00. The van der Waals surface area contributed by atoms with Gasteiger partial charge in [-0.2, -0.15) is 5.10 Å². The third-order valence-corrected chi connectivity index (χ3v) is 5.76. The highest BCUT2D eigenvalue weighted by Crippen LogP contribution is 2.31. The fourth-order valence-electron chi connectivity index (χ4n) is 4.17. The van der Waals surface area contributed by atoms with Crippen LogP contribution in [0.3, 0.4) is 0 Å². The molecule has 1 N–H and O–H groups in total. The van der Waals surface area contributed by atoms with E-state index in [1.807, 2.05) is 16.9 Å². The highest BCUT2D eigenvalue weighted by molar-refractivity contribution is 6.23. The van der Waals surface area contributed by atoms with Crippen molar-refractivity contribution in [2.75, 3.05) is 20.1 Å². The maximum Gasteiger partial charge on any atom is 0.261 e. The van der Waals surface area contributed by atoms with Gasteiger partial charge >= 0.3 is 0 Å². The predicted molar refractivity (Wildman–Crippen MR) is 103 cm³/mol. The smallest absolute Gasteiger partial charge is 0.261 e. The summed E-state index contributed by atoms with van der Waals surface area (Å²) in [7, 11) is 2.07. The normalized spacial score (nSPS) is 18.4. The van der Waals surface area contributed by atoms with E-state index in [4.69, 9.17) is 0 Å². The fourth-order valence-corrected chi connectivity index (χ4v) is 4.17. The molecule has 8 heteroatoms. The minimum atomic E-state index is -0.183. The number of imidazole rings is 1. The Balaban J connectivity index is 1.40. The number of fused-ring (bicyclic) bond motifs is 2. The lowest BCUT2D eigenvalue weighted by molar-refractivity contribution is 0.0516. The maximum atomic E-state index is 13.0. The van der Waals surface area contributed by atoms with Crippen LogP contribution in [0.5, 0.6) is 0 Å². The standard InChI is InChI=1S/C20H22N6O2/c1-24-8-3-13(4-9-24)26-19(27)14-11-16-17(12-15(14)20(26)28)23-18(22-16)5-10-25-7-2-6-21-25/h2,6-7,11-13H,3-5,8-10H2,1H3,(H,22,23). The van der Waals surface area contributed by atoms with Gasteiger partial charge in [0.15, 0.2) is 0 Å². The first-order chi connectivity index (χ1) is 13.6. The van der Waals surface area contributed by atoms with E-state index in [-0.39, 0.29) is 17.9 Å². The van der Waals surface area contributed by atoms with Gasteiger partial charge < -0.3 is 9.88 Å². The molecule has 0 atom stereocenters. The van der Waals surface area contributed by atoms with Crippen molar-refractivity contribution in [3.8, 4) is 0 Å². The Morgan fingerprint density at radius 1 is 1.14 bits per heavy atom. The van der Waals surface area contributed by atoms with Crippen LogP contribution >= 0.6 is 0 Å². The van der Waals surface area contributed by atoms with Crippen molar-refractivity contribution in [3.05, 3.63) is 47.5 Å². The number of H-pyrrole nitrogens is 1. The quantitative estimate of drug-likeness (QED) is 0.698. The molecule has 0 unspecified atom stereocenters. The zero-order valence-corrected chi connectivity index (χ0v) is 15.8. The molecule has 2 amide bonds. The number of carbonyl (C=O) groups excluding carboxylic acids is 2. The van der Waals surface area contributed by atoms with Crippen LogP contribution in [-0.4, -0.2) is 67.5 Å². The number of nitrogens with zero attached hydrogens (tertiary/aromatic N) is 5. The molecule has 2 aliphatic rings. The molecule has 0 saturated carbocycles. The van der Waals surface area contributed by atoms with Crippen molar-refractivity contribution in [1.29, 1.82) is 0 Å². The summed E-state index contributed by atoms with van der Waals surface area (Å²) < 4.78 is 1.85. The molecule has 2 aliphatic heterocycles. The Labute approximate surface area is 162 Å². The molecule has 1 aromatic carbocycles. The number of benzene rings is 1. The molecular weight excluding hydrogens is 356 g/mol. The largest absolute Gasteiger partial charge is 0.342 e. The van der Waals surface area contributed by atoms with Gasteiger partial charge in [-0.05, 0) is 51.2 Å². The number of aromatic amines is 1. The third-order valence-electron chi connectivity index (χ3n) is 5.76. The number of carbonyl (C=O) groups is 2. The second-order valence-electron chi connectivity index (χ2n) is 7.63. The molecule has 0 aliphatic carbocycles. The van der Waals surface area contributed by atoms with Crippen LogP contribution in [0.1, 0.15) is 39.4 Å². The first kappa shape index (κ1) is 17.1. The summed E-state index contributed by atoms with van der Waals surface area (Å²) >= 11 is 0. The molecule has 2 aromatic heterocycles.